The Bertz CT molecular complexity index is 505. The highest BCUT2D eigenvalue weighted by molar-refractivity contribution is 5.22. The Morgan fingerprint density at radius 2 is 2.00 bits per heavy atom. The first-order chi connectivity index (χ1) is 7.88. The number of aromatic nitrogens is 2. The molecule has 0 aliphatic rings. The van der Waals surface area contributed by atoms with Crippen LogP contribution in [-0.2, 0) is 6.61 Å². The van der Waals surface area contributed by atoms with Crippen LogP contribution in [0.5, 0.6) is 5.75 Å². The van der Waals surface area contributed by atoms with E-state index in [1.54, 1.807) is 36.7 Å². The van der Waals surface area contributed by atoms with E-state index in [1.165, 1.54) is 0 Å². The molecule has 0 N–H and O–H groups in total. The van der Waals surface area contributed by atoms with E-state index in [0.29, 0.717) is 12.3 Å². The Morgan fingerprint density at radius 1 is 1.19 bits per heavy atom. The van der Waals surface area contributed by atoms with Gasteiger partial charge in [-0.2, -0.15) is 5.26 Å². The first-order valence-corrected chi connectivity index (χ1v) is 4.77. The van der Waals surface area contributed by atoms with Gasteiger partial charge in [0.2, 0.25) is 0 Å². The molecular weight excluding hydrogens is 202 g/mol. The molecule has 2 rings (SSSR count). The molecule has 2 aromatic heterocycles. The minimum atomic E-state index is 0.347. The van der Waals surface area contributed by atoms with Crippen LogP contribution in [0, 0.1) is 11.3 Å². The first kappa shape index (κ1) is 10.1. The minimum Gasteiger partial charge on any atom is -0.487 e. The van der Waals surface area contributed by atoms with Gasteiger partial charge in [0.25, 0.3) is 0 Å². The fourth-order valence-corrected chi connectivity index (χ4v) is 1.21. The van der Waals surface area contributed by atoms with Crippen LogP contribution >= 0.6 is 0 Å². The summed E-state index contributed by atoms with van der Waals surface area (Å²) in [6.45, 7) is 0.347. The average Bonchev–Trinajstić information content (AvgIpc) is 2.38. The summed E-state index contributed by atoms with van der Waals surface area (Å²) in [5.74, 6) is 0.735. The van der Waals surface area contributed by atoms with Crippen molar-refractivity contribution in [2.75, 3.05) is 0 Å². The second-order valence-corrected chi connectivity index (χ2v) is 3.10. The second-order valence-electron chi connectivity index (χ2n) is 3.10. The third-order valence-corrected chi connectivity index (χ3v) is 1.96. The number of hydrogen-bond acceptors (Lipinski definition) is 4. The van der Waals surface area contributed by atoms with Crippen molar-refractivity contribution in [3.8, 4) is 11.8 Å². The van der Waals surface area contributed by atoms with E-state index in [9.17, 15) is 0 Å². The van der Waals surface area contributed by atoms with Gasteiger partial charge in [-0.25, -0.2) is 4.98 Å². The van der Waals surface area contributed by atoms with Crippen molar-refractivity contribution in [2.24, 2.45) is 0 Å². The van der Waals surface area contributed by atoms with Crippen LogP contribution in [0.1, 0.15) is 11.4 Å². The lowest BCUT2D eigenvalue weighted by Gasteiger charge is -2.04. The number of nitrogens with zero attached hydrogens (tertiary/aromatic N) is 3. The van der Waals surface area contributed by atoms with Crippen LogP contribution in [0.25, 0.3) is 0 Å². The Labute approximate surface area is 93.2 Å². The summed E-state index contributed by atoms with van der Waals surface area (Å²) in [5, 5.41) is 8.69. The van der Waals surface area contributed by atoms with Gasteiger partial charge in [-0.1, -0.05) is 6.07 Å². The Hall–Kier alpha value is -2.41. The molecule has 0 saturated carbocycles. The van der Waals surface area contributed by atoms with Gasteiger partial charge in [0.1, 0.15) is 24.1 Å². The SMILES string of the molecule is N#Cc1cccc(COc2ccncc2)n1. The van der Waals surface area contributed by atoms with Gasteiger partial charge < -0.3 is 4.74 Å². The Balaban J connectivity index is 2.03. The number of ether oxygens (including phenoxy) is 1. The van der Waals surface area contributed by atoms with E-state index in [-0.39, 0.29) is 0 Å². The smallest absolute Gasteiger partial charge is 0.140 e. The zero-order valence-electron chi connectivity index (χ0n) is 8.50. The summed E-state index contributed by atoms with van der Waals surface area (Å²) in [4.78, 5) is 7.99. The standard InChI is InChI=1S/C12H9N3O/c13-8-10-2-1-3-11(15-10)9-16-12-4-6-14-7-5-12/h1-7H,9H2. The van der Waals surface area contributed by atoms with Gasteiger partial charge in [-0.05, 0) is 24.3 Å². The van der Waals surface area contributed by atoms with Gasteiger partial charge in [-0.15, -0.1) is 0 Å². The summed E-state index contributed by atoms with van der Waals surface area (Å²) in [7, 11) is 0. The van der Waals surface area contributed by atoms with E-state index >= 15 is 0 Å². The van der Waals surface area contributed by atoms with Crippen LogP contribution in [0.3, 0.4) is 0 Å². The molecule has 0 spiro atoms. The Morgan fingerprint density at radius 3 is 2.75 bits per heavy atom. The molecule has 0 amide bonds. The second kappa shape index (κ2) is 4.89. The van der Waals surface area contributed by atoms with Crippen LogP contribution in [0.2, 0.25) is 0 Å². The zero-order chi connectivity index (χ0) is 11.2. The molecule has 0 unspecified atom stereocenters. The predicted octanol–water partition coefficient (Wildman–Crippen LogP) is 1.93. The summed E-state index contributed by atoms with van der Waals surface area (Å²) >= 11 is 0. The number of hydrogen-bond donors (Lipinski definition) is 0. The Kier molecular flexibility index (Phi) is 3.10. The highest BCUT2D eigenvalue weighted by Crippen LogP contribution is 2.09. The van der Waals surface area contributed by atoms with Crippen LogP contribution in [0.4, 0.5) is 0 Å². The summed E-state index contributed by atoms with van der Waals surface area (Å²) in [5.41, 5.74) is 1.13. The molecule has 2 aromatic rings. The van der Waals surface area contributed by atoms with Gasteiger partial charge >= 0.3 is 0 Å². The third-order valence-electron chi connectivity index (χ3n) is 1.96. The van der Waals surface area contributed by atoms with Gasteiger partial charge in [0.15, 0.2) is 0 Å². The topological polar surface area (TPSA) is 58.8 Å². The third kappa shape index (κ3) is 2.55. The number of pyridine rings is 2. The number of rotatable bonds is 3. The van der Waals surface area contributed by atoms with E-state index in [4.69, 9.17) is 10.00 Å². The first-order valence-electron chi connectivity index (χ1n) is 4.77. The van der Waals surface area contributed by atoms with E-state index in [0.717, 1.165) is 11.4 Å². The molecule has 0 atom stereocenters. The van der Waals surface area contributed by atoms with Crippen molar-refractivity contribution in [1.82, 2.24) is 9.97 Å². The molecule has 78 valence electrons. The van der Waals surface area contributed by atoms with Crippen molar-refractivity contribution in [3.05, 3.63) is 54.1 Å². The highest BCUT2D eigenvalue weighted by atomic mass is 16.5. The molecule has 0 aliphatic heterocycles. The molecule has 16 heavy (non-hydrogen) atoms. The van der Waals surface area contributed by atoms with Crippen molar-refractivity contribution in [2.45, 2.75) is 6.61 Å². The molecule has 0 fully saturated rings. The van der Waals surface area contributed by atoms with E-state index in [1.807, 2.05) is 12.1 Å². The molecule has 0 radical (unpaired) electrons. The monoisotopic (exact) mass is 211 g/mol. The van der Waals surface area contributed by atoms with Crippen molar-refractivity contribution >= 4 is 0 Å². The minimum absolute atomic E-state index is 0.347. The summed E-state index contributed by atoms with van der Waals surface area (Å²) in [6.07, 6.45) is 3.32. The lowest BCUT2D eigenvalue weighted by molar-refractivity contribution is 0.301. The quantitative estimate of drug-likeness (QED) is 0.778. The predicted molar refractivity (Wildman–Crippen MR) is 57.5 cm³/mol. The zero-order valence-corrected chi connectivity index (χ0v) is 8.50. The van der Waals surface area contributed by atoms with Crippen molar-refractivity contribution < 1.29 is 4.74 Å². The summed E-state index contributed by atoms with van der Waals surface area (Å²) < 4.78 is 5.48. The van der Waals surface area contributed by atoms with Gasteiger partial charge in [0, 0.05) is 12.4 Å². The molecule has 4 heteroatoms. The number of nitriles is 1. The van der Waals surface area contributed by atoms with E-state index in [2.05, 4.69) is 9.97 Å². The van der Waals surface area contributed by atoms with Gasteiger partial charge in [0.05, 0.1) is 5.69 Å². The summed E-state index contributed by atoms with van der Waals surface area (Å²) in [6, 6.07) is 10.8. The molecule has 0 bridgehead atoms. The highest BCUT2D eigenvalue weighted by Gasteiger charge is 1.98. The lowest BCUT2D eigenvalue weighted by atomic mass is 10.3. The molecule has 0 saturated heterocycles. The van der Waals surface area contributed by atoms with Crippen molar-refractivity contribution in [1.29, 1.82) is 5.26 Å². The molecular formula is C12H9N3O. The largest absolute Gasteiger partial charge is 0.487 e. The average molecular weight is 211 g/mol. The van der Waals surface area contributed by atoms with Crippen molar-refractivity contribution in [3.63, 3.8) is 0 Å². The van der Waals surface area contributed by atoms with E-state index < -0.39 is 0 Å². The maximum absolute atomic E-state index is 8.69. The molecule has 2 heterocycles. The fraction of sp³-hybridized carbons (Fsp3) is 0.0833. The normalized spacial score (nSPS) is 9.44. The van der Waals surface area contributed by atoms with Crippen LogP contribution in [-0.4, -0.2) is 9.97 Å². The molecule has 4 nitrogen and oxygen atoms in total. The van der Waals surface area contributed by atoms with Gasteiger partial charge in [-0.3, -0.25) is 4.98 Å². The molecule has 0 aliphatic carbocycles. The lowest BCUT2D eigenvalue weighted by Crippen LogP contribution is -1.99. The maximum Gasteiger partial charge on any atom is 0.140 e. The van der Waals surface area contributed by atoms with Crippen LogP contribution < -0.4 is 4.74 Å². The maximum atomic E-state index is 8.69. The molecule has 0 aromatic carbocycles. The fourth-order valence-electron chi connectivity index (χ4n) is 1.21. The van der Waals surface area contributed by atoms with Crippen LogP contribution in [0.15, 0.2) is 42.7 Å².